The molecule has 1 atom stereocenters. The molecule has 1 amide bonds. The lowest BCUT2D eigenvalue weighted by atomic mass is 10.2. The topological polar surface area (TPSA) is 75.5 Å². The minimum Gasteiger partial charge on any atom is -0.323 e. The van der Waals surface area contributed by atoms with Crippen LogP contribution in [0.15, 0.2) is 46.9 Å². The molecule has 0 fully saturated rings. The van der Waals surface area contributed by atoms with Crippen LogP contribution >= 0.6 is 27.5 Å². The second-order valence-corrected chi connectivity index (χ2v) is 6.95. The standard InChI is InChI=1S/C17H17BrClN3O3/c1-11(21(2)10-12-3-5-13(18)6-4-12)17(23)20-16-8-7-14(22(24)25)9-15(16)19/h3-9,11H,10H2,1-2H3,(H,20,23). The number of nitrogens with zero attached hydrogens (tertiary/aromatic N) is 2. The van der Waals surface area contributed by atoms with Crippen LogP contribution in [-0.2, 0) is 11.3 Å². The van der Waals surface area contributed by atoms with Gasteiger partial charge < -0.3 is 5.32 Å². The van der Waals surface area contributed by atoms with Gasteiger partial charge in [-0.1, -0.05) is 39.7 Å². The van der Waals surface area contributed by atoms with E-state index in [9.17, 15) is 14.9 Å². The number of anilines is 1. The van der Waals surface area contributed by atoms with Gasteiger partial charge in [0.25, 0.3) is 5.69 Å². The number of halogens is 2. The van der Waals surface area contributed by atoms with E-state index in [2.05, 4.69) is 21.2 Å². The molecule has 0 saturated carbocycles. The van der Waals surface area contributed by atoms with Gasteiger partial charge in [0.15, 0.2) is 0 Å². The normalized spacial score (nSPS) is 12.0. The van der Waals surface area contributed by atoms with Crippen molar-refractivity contribution in [1.82, 2.24) is 4.90 Å². The Morgan fingerprint density at radius 3 is 2.52 bits per heavy atom. The fraction of sp³-hybridized carbons (Fsp3) is 0.235. The number of nitro benzene ring substituents is 1. The van der Waals surface area contributed by atoms with Gasteiger partial charge in [0.05, 0.1) is 21.7 Å². The maximum atomic E-state index is 12.4. The third kappa shape index (κ3) is 5.26. The summed E-state index contributed by atoms with van der Waals surface area (Å²) in [6.45, 7) is 2.39. The molecule has 2 aromatic rings. The van der Waals surface area contributed by atoms with Crippen LogP contribution in [0.25, 0.3) is 0 Å². The van der Waals surface area contributed by atoms with Crippen molar-refractivity contribution in [3.8, 4) is 0 Å². The molecule has 0 aliphatic rings. The monoisotopic (exact) mass is 425 g/mol. The molecule has 2 aromatic carbocycles. The van der Waals surface area contributed by atoms with Gasteiger partial charge in [0.1, 0.15) is 0 Å². The Hall–Kier alpha value is -1.96. The van der Waals surface area contributed by atoms with Crippen molar-refractivity contribution in [1.29, 1.82) is 0 Å². The van der Waals surface area contributed by atoms with Gasteiger partial charge in [-0.2, -0.15) is 0 Å². The van der Waals surface area contributed by atoms with E-state index in [1.165, 1.54) is 18.2 Å². The van der Waals surface area contributed by atoms with Crippen molar-refractivity contribution in [2.75, 3.05) is 12.4 Å². The average Bonchev–Trinajstić information content (AvgIpc) is 2.57. The van der Waals surface area contributed by atoms with Crippen molar-refractivity contribution in [3.05, 3.63) is 67.6 Å². The lowest BCUT2D eigenvalue weighted by Gasteiger charge is -2.24. The van der Waals surface area contributed by atoms with Crippen LogP contribution < -0.4 is 5.32 Å². The summed E-state index contributed by atoms with van der Waals surface area (Å²) >= 11 is 9.40. The highest BCUT2D eigenvalue weighted by Crippen LogP contribution is 2.27. The highest BCUT2D eigenvalue weighted by atomic mass is 79.9. The largest absolute Gasteiger partial charge is 0.323 e. The van der Waals surface area contributed by atoms with Gasteiger partial charge in [-0.15, -0.1) is 0 Å². The van der Waals surface area contributed by atoms with Crippen molar-refractivity contribution in [3.63, 3.8) is 0 Å². The minimum atomic E-state index is -0.536. The number of rotatable bonds is 6. The highest BCUT2D eigenvalue weighted by Gasteiger charge is 2.20. The van der Waals surface area contributed by atoms with Gasteiger partial charge in [-0.3, -0.25) is 19.8 Å². The summed E-state index contributed by atoms with van der Waals surface area (Å²) in [5.41, 5.74) is 1.31. The number of benzene rings is 2. The Morgan fingerprint density at radius 2 is 1.96 bits per heavy atom. The first kappa shape index (κ1) is 19.4. The number of carbonyl (C=O) groups is 1. The Labute approximate surface area is 159 Å². The average molecular weight is 427 g/mol. The lowest BCUT2D eigenvalue weighted by Crippen LogP contribution is -2.39. The second-order valence-electron chi connectivity index (χ2n) is 5.63. The summed E-state index contributed by atoms with van der Waals surface area (Å²) in [6.07, 6.45) is 0. The van der Waals surface area contributed by atoms with Crippen LogP contribution in [0.4, 0.5) is 11.4 Å². The van der Waals surface area contributed by atoms with Crippen LogP contribution in [0, 0.1) is 10.1 Å². The molecule has 1 unspecified atom stereocenters. The zero-order valence-corrected chi connectivity index (χ0v) is 16.0. The third-order valence-corrected chi connectivity index (χ3v) is 4.65. The van der Waals surface area contributed by atoms with Crippen LogP contribution in [0.5, 0.6) is 0 Å². The molecule has 2 rings (SSSR count). The Kier molecular flexibility index (Phi) is 6.52. The molecular weight excluding hydrogens is 410 g/mol. The first-order valence-electron chi connectivity index (χ1n) is 7.47. The number of nitrogens with one attached hydrogen (secondary N) is 1. The molecule has 0 saturated heterocycles. The summed E-state index contributed by atoms with van der Waals surface area (Å²) < 4.78 is 0.998. The first-order chi connectivity index (χ1) is 11.8. The molecule has 8 heteroatoms. The molecular formula is C17H17BrClN3O3. The summed E-state index contributed by atoms with van der Waals surface area (Å²) in [4.78, 5) is 24.5. The van der Waals surface area contributed by atoms with Crippen LogP contribution in [0.3, 0.4) is 0 Å². The van der Waals surface area contributed by atoms with Gasteiger partial charge in [0.2, 0.25) is 5.91 Å². The Balaban J connectivity index is 2.01. The highest BCUT2D eigenvalue weighted by molar-refractivity contribution is 9.10. The number of hydrogen-bond acceptors (Lipinski definition) is 4. The fourth-order valence-electron chi connectivity index (χ4n) is 2.17. The van der Waals surface area contributed by atoms with E-state index >= 15 is 0 Å². The molecule has 0 aromatic heterocycles. The van der Waals surface area contributed by atoms with Crippen molar-refractivity contribution in [2.24, 2.45) is 0 Å². The van der Waals surface area contributed by atoms with E-state index in [0.717, 1.165) is 10.0 Å². The maximum Gasteiger partial charge on any atom is 0.271 e. The van der Waals surface area contributed by atoms with Gasteiger partial charge in [-0.25, -0.2) is 0 Å². The molecule has 0 heterocycles. The smallest absolute Gasteiger partial charge is 0.271 e. The Bertz CT molecular complexity index is 783. The zero-order valence-electron chi connectivity index (χ0n) is 13.7. The predicted molar refractivity (Wildman–Crippen MR) is 102 cm³/mol. The first-order valence-corrected chi connectivity index (χ1v) is 8.64. The summed E-state index contributed by atoms with van der Waals surface area (Å²) in [6, 6.07) is 11.4. The molecule has 1 N–H and O–H groups in total. The quantitative estimate of drug-likeness (QED) is 0.546. The summed E-state index contributed by atoms with van der Waals surface area (Å²) in [5, 5.41) is 13.6. The van der Waals surface area contributed by atoms with Gasteiger partial charge in [0, 0.05) is 23.2 Å². The number of hydrogen-bond donors (Lipinski definition) is 1. The van der Waals surface area contributed by atoms with Crippen molar-refractivity contribution < 1.29 is 9.72 Å². The fourth-order valence-corrected chi connectivity index (χ4v) is 2.66. The van der Waals surface area contributed by atoms with E-state index in [-0.39, 0.29) is 16.6 Å². The van der Waals surface area contributed by atoms with Crippen LogP contribution in [-0.4, -0.2) is 28.8 Å². The van der Waals surface area contributed by atoms with Crippen molar-refractivity contribution >= 4 is 44.8 Å². The van der Waals surface area contributed by atoms with E-state index < -0.39 is 11.0 Å². The molecule has 6 nitrogen and oxygen atoms in total. The molecule has 0 aliphatic heterocycles. The molecule has 0 spiro atoms. The Morgan fingerprint density at radius 1 is 1.32 bits per heavy atom. The summed E-state index contributed by atoms with van der Waals surface area (Å²) in [5.74, 6) is -0.240. The van der Waals surface area contributed by atoms with E-state index in [0.29, 0.717) is 12.2 Å². The number of nitro groups is 1. The van der Waals surface area contributed by atoms with E-state index in [4.69, 9.17) is 11.6 Å². The van der Waals surface area contributed by atoms with Crippen LogP contribution in [0.2, 0.25) is 5.02 Å². The molecule has 0 radical (unpaired) electrons. The molecule has 25 heavy (non-hydrogen) atoms. The minimum absolute atomic E-state index is 0.122. The number of carbonyl (C=O) groups excluding carboxylic acids is 1. The zero-order chi connectivity index (χ0) is 18.6. The van der Waals surface area contributed by atoms with Gasteiger partial charge >= 0.3 is 0 Å². The second kappa shape index (κ2) is 8.42. The number of likely N-dealkylation sites (N-methyl/N-ethyl adjacent to an activating group) is 1. The number of amides is 1. The lowest BCUT2D eigenvalue weighted by molar-refractivity contribution is -0.384. The van der Waals surface area contributed by atoms with E-state index in [1.54, 1.807) is 6.92 Å². The van der Waals surface area contributed by atoms with Crippen molar-refractivity contribution in [2.45, 2.75) is 19.5 Å². The predicted octanol–water partition coefficient (Wildman–Crippen LogP) is 4.47. The third-order valence-electron chi connectivity index (χ3n) is 3.81. The summed E-state index contributed by atoms with van der Waals surface area (Å²) in [7, 11) is 1.85. The van der Waals surface area contributed by atoms with Crippen LogP contribution in [0.1, 0.15) is 12.5 Å². The molecule has 0 bridgehead atoms. The SMILES string of the molecule is CC(C(=O)Nc1ccc([N+](=O)[O-])cc1Cl)N(C)Cc1ccc(Br)cc1. The molecule has 0 aliphatic carbocycles. The maximum absolute atomic E-state index is 12.4. The van der Waals surface area contributed by atoms with Gasteiger partial charge in [-0.05, 0) is 37.7 Å². The van der Waals surface area contributed by atoms with E-state index in [1.807, 2.05) is 36.2 Å². The number of non-ortho nitro benzene ring substituents is 1. The molecule has 132 valence electrons.